The van der Waals surface area contributed by atoms with Gasteiger partial charge in [0.15, 0.2) is 5.78 Å². The average molecular weight is 351 g/mol. The first-order valence-corrected chi connectivity index (χ1v) is 9.29. The van der Waals surface area contributed by atoms with Gasteiger partial charge in [0, 0.05) is 17.7 Å². The van der Waals surface area contributed by atoms with Crippen molar-refractivity contribution < 1.29 is 14.3 Å². The summed E-state index contributed by atoms with van der Waals surface area (Å²) in [7, 11) is 0. The molecule has 1 amide bonds. The van der Waals surface area contributed by atoms with E-state index in [1.54, 1.807) is 23.1 Å². The molecule has 0 bridgehead atoms. The van der Waals surface area contributed by atoms with Crippen LogP contribution >= 0.6 is 0 Å². The Hall–Kier alpha value is -2.62. The van der Waals surface area contributed by atoms with Crippen LogP contribution in [0.1, 0.15) is 61.6 Å². The number of amides is 1. The minimum atomic E-state index is -0.641. The monoisotopic (exact) mass is 351 g/mol. The zero-order valence-corrected chi connectivity index (χ0v) is 15.4. The number of fused-ring (bicyclic) bond motifs is 1. The lowest BCUT2D eigenvalue weighted by atomic mass is 10.0. The normalized spacial score (nSPS) is 16.2. The zero-order valence-electron chi connectivity index (χ0n) is 15.4. The van der Waals surface area contributed by atoms with E-state index in [1.807, 2.05) is 30.3 Å². The van der Waals surface area contributed by atoms with E-state index in [0.717, 1.165) is 31.2 Å². The molecule has 136 valence electrons. The SMILES string of the molecule is CCCCCCN1C(=O)C(c2ccccc2)Oc2ccc(C(C)=O)cc21. The van der Waals surface area contributed by atoms with Gasteiger partial charge in [-0.2, -0.15) is 0 Å². The number of rotatable bonds is 7. The fourth-order valence-corrected chi connectivity index (χ4v) is 3.25. The van der Waals surface area contributed by atoms with Crippen LogP contribution in [0.2, 0.25) is 0 Å². The van der Waals surface area contributed by atoms with Gasteiger partial charge in [0.25, 0.3) is 5.91 Å². The van der Waals surface area contributed by atoms with E-state index in [9.17, 15) is 9.59 Å². The van der Waals surface area contributed by atoms with Crippen molar-refractivity contribution in [3.63, 3.8) is 0 Å². The largest absolute Gasteiger partial charge is 0.474 e. The van der Waals surface area contributed by atoms with Gasteiger partial charge in [-0.3, -0.25) is 9.59 Å². The number of ketones is 1. The second-order valence-corrected chi connectivity index (χ2v) is 6.70. The maximum atomic E-state index is 13.1. The van der Waals surface area contributed by atoms with Crippen molar-refractivity contribution in [1.29, 1.82) is 0 Å². The summed E-state index contributed by atoms with van der Waals surface area (Å²) in [6, 6.07) is 14.9. The van der Waals surface area contributed by atoms with Crippen LogP contribution in [0.4, 0.5) is 5.69 Å². The first-order valence-electron chi connectivity index (χ1n) is 9.29. The third-order valence-electron chi connectivity index (χ3n) is 4.73. The van der Waals surface area contributed by atoms with Crippen LogP contribution in [-0.4, -0.2) is 18.2 Å². The average Bonchev–Trinajstić information content (AvgIpc) is 2.66. The highest BCUT2D eigenvalue weighted by molar-refractivity contribution is 6.03. The molecule has 0 radical (unpaired) electrons. The number of Topliss-reactive ketones (excluding diaryl/α,β-unsaturated/α-hetero) is 1. The smallest absolute Gasteiger partial charge is 0.272 e. The fraction of sp³-hybridized carbons (Fsp3) is 0.364. The Morgan fingerprint density at radius 3 is 2.54 bits per heavy atom. The summed E-state index contributed by atoms with van der Waals surface area (Å²) in [4.78, 5) is 26.7. The van der Waals surface area contributed by atoms with E-state index in [2.05, 4.69) is 6.92 Å². The number of carbonyl (C=O) groups excluding carboxylic acids is 2. The molecule has 3 rings (SSSR count). The highest BCUT2D eigenvalue weighted by Gasteiger charge is 2.35. The van der Waals surface area contributed by atoms with Gasteiger partial charge in [0.05, 0.1) is 5.69 Å². The second kappa shape index (κ2) is 8.17. The molecule has 0 fully saturated rings. The molecular formula is C22H25NO3. The molecule has 1 unspecified atom stereocenters. The predicted molar refractivity (Wildman–Crippen MR) is 103 cm³/mol. The minimum Gasteiger partial charge on any atom is -0.474 e. The van der Waals surface area contributed by atoms with Crippen molar-refractivity contribution in [3.8, 4) is 5.75 Å². The molecule has 1 heterocycles. The van der Waals surface area contributed by atoms with Crippen LogP contribution in [-0.2, 0) is 4.79 Å². The number of hydrogen-bond acceptors (Lipinski definition) is 3. The van der Waals surface area contributed by atoms with E-state index in [-0.39, 0.29) is 11.7 Å². The van der Waals surface area contributed by atoms with Crippen LogP contribution in [0, 0.1) is 0 Å². The Labute approximate surface area is 154 Å². The molecule has 1 atom stereocenters. The number of benzene rings is 2. The quantitative estimate of drug-likeness (QED) is 0.524. The minimum absolute atomic E-state index is 0.0173. The Balaban J connectivity index is 1.94. The Kier molecular flexibility index (Phi) is 5.71. The van der Waals surface area contributed by atoms with Crippen LogP contribution in [0.15, 0.2) is 48.5 Å². The van der Waals surface area contributed by atoms with Gasteiger partial charge in [0.2, 0.25) is 6.10 Å². The van der Waals surface area contributed by atoms with E-state index in [4.69, 9.17) is 4.74 Å². The van der Waals surface area contributed by atoms with Gasteiger partial charge in [0.1, 0.15) is 5.75 Å². The van der Waals surface area contributed by atoms with Crippen LogP contribution in [0.5, 0.6) is 5.75 Å². The summed E-state index contributed by atoms with van der Waals surface area (Å²) in [5.41, 5.74) is 2.14. The van der Waals surface area contributed by atoms with E-state index in [0.29, 0.717) is 23.5 Å². The molecule has 0 saturated carbocycles. The lowest BCUT2D eigenvalue weighted by Crippen LogP contribution is -2.41. The predicted octanol–water partition coefficient (Wildman–Crippen LogP) is 4.94. The summed E-state index contributed by atoms with van der Waals surface area (Å²) in [5, 5.41) is 0. The summed E-state index contributed by atoms with van der Waals surface area (Å²) in [6.45, 7) is 4.34. The molecule has 4 nitrogen and oxygen atoms in total. The third-order valence-corrected chi connectivity index (χ3v) is 4.73. The molecule has 0 aromatic heterocycles. The number of ether oxygens (including phenoxy) is 1. The van der Waals surface area contributed by atoms with Crippen molar-refractivity contribution in [1.82, 2.24) is 0 Å². The Morgan fingerprint density at radius 2 is 1.85 bits per heavy atom. The van der Waals surface area contributed by atoms with Crippen LogP contribution in [0.3, 0.4) is 0 Å². The summed E-state index contributed by atoms with van der Waals surface area (Å²) in [6.07, 6.45) is 3.68. The Bertz CT molecular complexity index is 785. The molecule has 0 N–H and O–H groups in total. The second-order valence-electron chi connectivity index (χ2n) is 6.70. The number of anilines is 1. The van der Waals surface area contributed by atoms with Crippen molar-refractivity contribution in [2.75, 3.05) is 11.4 Å². The van der Waals surface area contributed by atoms with Gasteiger partial charge in [-0.25, -0.2) is 0 Å². The zero-order chi connectivity index (χ0) is 18.5. The van der Waals surface area contributed by atoms with Crippen molar-refractivity contribution in [2.24, 2.45) is 0 Å². The van der Waals surface area contributed by atoms with Gasteiger partial charge in [-0.1, -0.05) is 56.5 Å². The number of hydrogen-bond donors (Lipinski definition) is 0. The lowest BCUT2D eigenvalue weighted by Gasteiger charge is -2.35. The van der Waals surface area contributed by atoms with Gasteiger partial charge >= 0.3 is 0 Å². The van der Waals surface area contributed by atoms with E-state index >= 15 is 0 Å². The molecule has 0 saturated heterocycles. The van der Waals surface area contributed by atoms with Crippen molar-refractivity contribution in [2.45, 2.75) is 45.6 Å². The van der Waals surface area contributed by atoms with E-state index in [1.165, 1.54) is 6.92 Å². The van der Waals surface area contributed by atoms with E-state index < -0.39 is 6.10 Å². The highest BCUT2D eigenvalue weighted by Crippen LogP contribution is 2.39. The molecule has 1 aliphatic rings. The summed E-state index contributed by atoms with van der Waals surface area (Å²) in [5.74, 6) is 0.566. The van der Waals surface area contributed by atoms with Crippen LogP contribution < -0.4 is 9.64 Å². The molecular weight excluding hydrogens is 326 g/mol. The summed E-state index contributed by atoms with van der Waals surface area (Å²) >= 11 is 0. The standard InChI is InChI=1S/C22H25NO3/c1-3-4-5-9-14-23-19-15-18(16(2)24)12-13-20(19)26-21(22(23)25)17-10-7-6-8-11-17/h6-8,10-13,15,21H,3-5,9,14H2,1-2H3. The van der Waals surface area contributed by atoms with Gasteiger partial charge in [-0.05, 0) is 31.5 Å². The molecule has 0 aliphatic carbocycles. The molecule has 26 heavy (non-hydrogen) atoms. The third kappa shape index (κ3) is 3.79. The van der Waals surface area contributed by atoms with Crippen molar-refractivity contribution in [3.05, 3.63) is 59.7 Å². The molecule has 0 spiro atoms. The maximum absolute atomic E-state index is 13.1. The fourth-order valence-electron chi connectivity index (χ4n) is 3.25. The molecule has 2 aromatic carbocycles. The van der Waals surface area contributed by atoms with Crippen LogP contribution in [0.25, 0.3) is 0 Å². The summed E-state index contributed by atoms with van der Waals surface area (Å²) < 4.78 is 6.02. The van der Waals surface area contributed by atoms with Gasteiger partial charge in [-0.15, -0.1) is 0 Å². The molecule has 2 aromatic rings. The van der Waals surface area contributed by atoms with Gasteiger partial charge < -0.3 is 9.64 Å². The topological polar surface area (TPSA) is 46.6 Å². The number of nitrogens with zero attached hydrogens (tertiary/aromatic N) is 1. The first-order chi connectivity index (χ1) is 12.6. The highest BCUT2D eigenvalue weighted by atomic mass is 16.5. The molecule has 4 heteroatoms. The maximum Gasteiger partial charge on any atom is 0.272 e. The lowest BCUT2D eigenvalue weighted by molar-refractivity contribution is -0.126. The molecule has 1 aliphatic heterocycles. The number of carbonyl (C=O) groups is 2. The number of unbranched alkanes of at least 4 members (excludes halogenated alkanes) is 3. The van der Waals surface area contributed by atoms with Crippen molar-refractivity contribution >= 4 is 17.4 Å². The Morgan fingerprint density at radius 1 is 1.08 bits per heavy atom. The first kappa shape index (κ1) is 18.2.